The van der Waals surface area contributed by atoms with Crippen LogP contribution >= 0.6 is 22.6 Å². The number of hydrogen-bond acceptors (Lipinski definition) is 2. The Hall–Kier alpha value is -0.520. The van der Waals surface area contributed by atoms with Crippen LogP contribution in [0.2, 0.25) is 0 Å². The van der Waals surface area contributed by atoms with Gasteiger partial charge in [-0.25, -0.2) is 4.39 Å². The Morgan fingerprint density at radius 3 is 2.75 bits per heavy atom. The lowest BCUT2D eigenvalue weighted by Crippen LogP contribution is -2.09. The molecular formula is C12H16FIN2. The molecule has 88 valence electrons. The topological polar surface area (TPSA) is 38.0 Å². The van der Waals surface area contributed by atoms with Crippen LogP contribution in [0.3, 0.4) is 0 Å². The van der Waals surface area contributed by atoms with Gasteiger partial charge in [0, 0.05) is 12.6 Å². The van der Waals surface area contributed by atoms with Crippen LogP contribution in [0, 0.1) is 20.7 Å². The van der Waals surface area contributed by atoms with E-state index >= 15 is 0 Å². The zero-order valence-corrected chi connectivity index (χ0v) is 11.6. The number of nitrogen functional groups attached to an aromatic ring is 1. The molecule has 1 aromatic carbocycles. The van der Waals surface area contributed by atoms with E-state index in [9.17, 15) is 4.39 Å². The predicted octanol–water partition coefficient (Wildman–Crippen LogP) is 3.47. The number of anilines is 2. The fourth-order valence-electron chi connectivity index (χ4n) is 1.87. The molecule has 1 atom stereocenters. The van der Waals surface area contributed by atoms with Crippen LogP contribution in [0.5, 0.6) is 0 Å². The molecule has 0 saturated heterocycles. The highest BCUT2D eigenvalue weighted by atomic mass is 127. The summed E-state index contributed by atoms with van der Waals surface area (Å²) in [5.41, 5.74) is 7.59. The number of rotatable bonds is 3. The van der Waals surface area contributed by atoms with Gasteiger partial charge in [0.25, 0.3) is 0 Å². The van der Waals surface area contributed by atoms with Crippen molar-refractivity contribution in [3.63, 3.8) is 0 Å². The van der Waals surface area contributed by atoms with Crippen molar-refractivity contribution in [3.8, 4) is 0 Å². The molecule has 2 rings (SSSR count). The molecule has 1 saturated carbocycles. The van der Waals surface area contributed by atoms with Crippen LogP contribution in [0.15, 0.2) is 12.1 Å². The minimum absolute atomic E-state index is 0.215. The lowest BCUT2D eigenvalue weighted by Gasteiger charge is -2.11. The van der Waals surface area contributed by atoms with Crippen molar-refractivity contribution in [1.82, 2.24) is 0 Å². The van der Waals surface area contributed by atoms with E-state index in [2.05, 4.69) is 19.2 Å². The third-order valence-corrected chi connectivity index (χ3v) is 4.18. The third kappa shape index (κ3) is 2.42. The van der Waals surface area contributed by atoms with Gasteiger partial charge < -0.3 is 11.1 Å². The van der Waals surface area contributed by atoms with Gasteiger partial charge >= 0.3 is 0 Å². The van der Waals surface area contributed by atoms with Crippen LogP contribution in [0.4, 0.5) is 15.8 Å². The van der Waals surface area contributed by atoms with Crippen LogP contribution in [-0.4, -0.2) is 6.54 Å². The first kappa shape index (κ1) is 12.0. The van der Waals surface area contributed by atoms with Crippen molar-refractivity contribution >= 4 is 34.0 Å². The average Bonchev–Trinajstić information content (AvgIpc) is 2.78. The predicted molar refractivity (Wildman–Crippen MR) is 73.9 cm³/mol. The standard InChI is InChI=1S/C12H16FIN2/c1-12(2)5-7(12)6-16-11-3-8(13)9(14)4-10(11)15/h3-4,7,16H,5-6,15H2,1-2H3. The van der Waals surface area contributed by atoms with E-state index in [1.165, 1.54) is 12.5 Å². The summed E-state index contributed by atoms with van der Waals surface area (Å²) in [6.45, 7) is 5.37. The van der Waals surface area contributed by atoms with Gasteiger partial charge in [0.05, 0.1) is 14.9 Å². The van der Waals surface area contributed by atoms with Gasteiger partial charge in [0.1, 0.15) is 5.82 Å². The number of benzene rings is 1. The Balaban J connectivity index is 2.02. The van der Waals surface area contributed by atoms with E-state index in [-0.39, 0.29) is 5.82 Å². The summed E-state index contributed by atoms with van der Waals surface area (Å²) < 4.78 is 13.9. The molecule has 0 aliphatic heterocycles. The Labute approximate surface area is 109 Å². The molecule has 1 unspecified atom stereocenters. The molecule has 1 fully saturated rings. The number of nitrogens with one attached hydrogen (secondary N) is 1. The van der Waals surface area contributed by atoms with Gasteiger partial charge in [0.15, 0.2) is 0 Å². The maximum absolute atomic E-state index is 13.3. The summed E-state index contributed by atoms with van der Waals surface area (Å²) >= 11 is 1.94. The summed E-state index contributed by atoms with van der Waals surface area (Å²) in [6.07, 6.45) is 1.23. The highest BCUT2D eigenvalue weighted by Crippen LogP contribution is 2.51. The van der Waals surface area contributed by atoms with Gasteiger partial charge in [-0.3, -0.25) is 0 Å². The summed E-state index contributed by atoms with van der Waals surface area (Å²) in [5, 5.41) is 3.23. The molecule has 0 radical (unpaired) electrons. The van der Waals surface area contributed by atoms with E-state index in [0.717, 1.165) is 6.54 Å². The lowest BCUT2D eigenvalue weighted by molar-refractivity contribution is 0.573. The molecule has 0 bridgehead atoms. The molecular weight excluding hydrogens is 318 g/mol. The second kappa shape index (κ2) is 4.05. The van der Waals surface area contributed by atoms with Crippen molar-refractivity contribution in [2.75, 3.05) is 17.6 Å². The van der Waals surface area contributed by atoms with Gasteiger partial charge in [-0.1, -0.05) is 13.8 Å². The molecule has 0 spiro atoms. The van der Waals surface area contributed by atoms with Gasteiger partial charge in [-0.15, -0.1) is 0 Å². The van der Waals surface area contributed by atoms with Crippen molar-refractivity contribution < 1.29 is 4.39 Å². The van der Waals surface area contributed by atoms with Crippen molar-refractivity contribution in [2.24, 2.45) is 11.3 Å². The largest absolute Gasteiger partial charge is 0.397 e. The Bertz CT molecular complexity index is 418. The molecule has 0 aromatic heterocycles. The first-order chi connectivity index (χ1) is 7.40. The molecule has 1 aromatic rings. The van der Waals surface area contributed by atoms with Gasteiger partial charge in [-0.2, -0.15) is 0 Å². The summed E-state index contributed by atoms with van der Waals surface area (Å²) in [6, 6.07) is 3.14. The molecule has 3 N–H and O–H groups in total. The average molecular weight is 334 g/mol. The first-order valence-electron chi connectivity index (χ1n) is 5.38. The quantitative estimate of drug-likeness (QED) is 0.656. The molecule has 1 aliphatic rings. The van der Waals surface area contributed by atoms with Crippen LogP contribution in [-0.2, 0) is 0 Å². The van der Waals surface area contributed by atoms with Crippen molar-refractivity contribution in [2.45, 2.75) is 20.3 Å². The summed E-state index contributed by atoms with van der Waals surface area (Å²) in [7, 11) is 0. The molecule has 16 heavy (non-hydrogen) atoms. The number of nitrogens with two attached hydrogens (primary N) is 1. The smallest absolute Gasteiger partial charge is 0.138 e. The zero-order valence-electron chi connectivity index (χ0n) is 9.48. The molecule has 0 heterocycles. The normalized spacial score (nSPS) is 21.9. The van der Waals surface area contributed by atoms with E-state index in [0.29, 0.717) is 26.3 Å². The molecule has 2 nitrogen and oxygen atoms in total. The second-order valence-corrected chi connectivity index (χ2v) is 6.29. The van der Waals surface area contributed by atoms with Crippen LogP contribution in [0.25, 0.3) is 0 Å². The number of halogens is 2. The monoisotopic (exact) mass is 334 g/mol. The molecule has 4 heteroatoms. The maximum Gasteiger partial charge on any atom is 0.138 e. The maximum atomic E-state index is 13.3. The fraction of sp³-hybridized carbons (Fsp3) is 0.500. The summed E-state index contributed by atoms with van der Waals surface area (Å²) in [4.78, 5) is 0. The Kier molecular flexibility index (Phi) is 3.03. The third-order valence-electron chi connectivity index (χ3n) is 3.35. The van der Waals surface area contributed by atoms with Crippen LogP contribution < -0.4 is 11.1 Å². The lowest BCUT2D eigenvalue weighted by atomic mass is 10.1. The van der Waals surface area contributed by atoms with E-state index in [1.54, 1.807) is 6.07 Å². The second-order valence-electron chi connectivity index (χ2n) is 5.12. The van der Waals surface area contributed by atoms with Crippen molar-refractivity contribution in [3.05, 3.63) is 21.5 Å². The van der Waals surface area contributed by atoms with Crippen molar-refractivity contribution in [1.29, 1.82) is 0 Å². The SMILES string of the molecule is CC1(C)CC1CNc1cc(F)c(I)cc1N. The minimum Gasteiger partial charge on any atom is -0.397 e. The Morgan fingerprint density at radius 1 is 1.56 bits per heavy atom. The first-order valence-corrected chi connectivity index (χ1v) is 6.46. The Morgan fingerprint density at radius 2 is 2.19 bits per heavy atom. The summed E-state index contributed by atoms with van der Waals surface area (Å²) in [5.74, 6) is 0.460. The van der Waals surface area contributed by atoms with E-state index in [4.69, 9.17) is 5.73 Å². The van der Waals surface area contributed by atoms with Gasteiger partial charge in [-0.05, 0) is 46.4 Å². The number of hydrogen-bond donors (Lipinski definition) is 2. The molecule has 1 aliphatic carbocycles. The minimum atomic E-state index is -0.215. The van der Waals surface area contributed by atoms with E-state index in [1.807, 2.05) is 22.6 Å². The van der Waals surface area contributed by atoms with Gasteiger partial charge in [0.2, 0.25) is 0 Å². The zero-order chi connectivity index (χ0) is 11.9. The highest BCUT2D eigenvalue weighted by Gasteiger charge is 2.44. The fourth-order valence-corrected chi connectivity index (χ4v) is 2.36. The van der Waals surface area contributed by atoms with Crippen LogP contribution in [0.1, 0.15) is 20.3 Å². The van der Waals surface area contributed by atoms with E-state index < -0.39 is 0 Å². The highest BCUT2D eigenvalue weighted by molar-refractivity contribution is 14.1. The molecule has 0 amide bonds.